The molecule has 0 saturated carbocycles. The minimum atomic E-state index is 0.00915. The molecule has 3 heteroatoms. The summed E-state index contributed by atoms with van der Waals surface area (Å²) in [6, 6.07) is 0. The van der Waals surface area contributed by atoms with E-state index in [2.05, 4.69) is 51.8 Å². The molecule has 2 atom stereocenters. The highest BCUT2D eigenvalue weighted by molar-refractivity contribution is 5.87. The third-order valence-electron chi connectivity index (χ3n) is 5.35. The lowest BCUT2D eigenvalue weighted by Crippen LogP contribution is -2.62. The van der Waals surface area contributed by atoms with Crippen LogP contribution in [0.25, 0.3) is 0 Å². The van der Waals surface area contributed by atoms with Crippen molar-refractivity contribution in [1.82, 2.24) is 5.06 Å². The average molecular weight is 321 g/mol. The summed E-state index contributed by atoms with van der Waals surface area (Å²) in [4.78, 5) is 11.5. The fourth-order valence-corrected chi connectivity index (χ4v) is 3.93. The summed E-state index contributed by atoms with van der Waals surface area (Å²) in [5.74, 6) is 0. The zero-order chi connectivity index (χ0) is 16.9. The molecule has 2 aliphatic rings. The van der Waals surface area contributed by atoms with Crippen LogP contribution in [0.4, 0.5) is 0 Å². The van der Waals surface area contributed by atoms with E-state index in [1.54, 1.807) is 0 Å². The number of piperidine rings is 1. The van der Waals surface area contributed by atoms with Gasteiger partial charge in [0, 0.05) is 36.2 Å². The SMILES string of the molecule is CCCC/N=C1/CC(C)(C)N(OC2CC=CCC2)C(C)(CC)C1. The Morgan fingerprint density at radius 2 is 2.00 bits per heavy atom. The molecule has 0 bridgehead atoms. The molecule has 132 valence electrons. The van der Waals surface area contributed by atoms with Crippen molar-refractivity contribution in [3.8, 4) is 0 Å². The lowest BCUT2D eigenvalue weighted by atomic mass is 9.78. The summed E-state index contributed by atoms with van der Waals surface area (Å²) >= 11 is 0. The smallest absolute Gasteiger partial charge is 0.0831 e. The Hall–Kier alpha value is -0.670. The van der Waals surface area contributed by atoms with Crippen LogP contribution in [0.15, 0.2) is 17.1 Å². The second kappa shape index (κ2) is 7.94. The van der Waals surface area contributed by atoms with Gasteiger partial charge >= 0.3 is 0 Å². The standard InChI is InChI=1S/C20H36N2O/c1-6-8-14-21-17-15-19(3,4)22(20(5,7-2)16-17)23-18-12-10-9-11-13-18/h9-10,18H,6-8,11-16H2,1-5H3/b21-17-. The maximum Gasteiger partial charge on any atom is 0.0831 e. The largest absolute Gasteiger partial charge is 0.294 e. The van der Waals surface area contributed by atoms with E-state index in [0.717, 1.165) is 45.1 Å². The molecule has 2 rings (SSSR count). The molecule has 3 nitrogen and oxygen atoms in total. The van der Waals surface area contributed by atoms with E-state index in [1.807, 2.05) is 0 Å². The first kappa shape index (κ1) is 18.7. The quantitative estimate of drug-likeness (QED) is 0.489. The lowest BCUT2D eigenvalue weighted by Gasteiger charge is -2.54. The fourth-order valence-electron chi connectivity index (χ4n) is 3.93. The van der Waals surface area contributed by atoms with Crippen LogP contribution in [0.2, 0.25) is 0 Å². The minimum Gasteiger partial charge on any atom is -0.294 e. The van der Waals surface area contributed by atoms with Crippen molar-refractivity contribution >= 4 is 5.71 Å². The highest BCUT2D eigenvalue weighted by atomic mass is 16.7. The Balaban J connectivity index is 2.13. The van der Waals surface area contributed by atoms with Crippen molar-refractivity contribution < 1.29 is 4.84 Å². The Morgan fingerprint density at radius 3 is 2.61 bits per heavy atom. The summed E-state index contributed by atoms with van der Waals surface area (Å²) in [5, 5.41) is 2.34. The highest BCUT2D eigenvalue weighted by Crippen LogP contribution is 2.40. The predicted octanol–water partition coefficient (Wildman–Crippen LogP) is 5.31. The number of nitrogens with zero attached hydrogens (tertiary/aromatic N) is 2. The number of allylic oxidation sites excluding steroid dienone is 1. The third kappa shape index (κ3) is 4.67. The molecule has 2 unspecified atom stereocenters. The second-order valence-corrected chi connectivity index (χ2v) is 8.12. The van der Waals surface area contributed by atoms with E-state index >= 15 is 0 Å². The minimum absolute atomic E-state index is 0.00915. The monoisotopic (exact) mass is 320 g/mol. The molecule has 0 N–H and O–H groups in total. The molecule has 0 aromatic heterocycles. The molecule has 1 aliphatic carbocycles. The lowest BCUT2D eigenvalue weighted by molar-refractivity contribution is -0.298. The van der Waals surface area contributed by atoms with Crippen molar-refractivity contribution in [2.75, 3.05) is 6.54 Å². The Kier molecular flexibility index (Phi) is 6.44. The zero-order valence-corrected chi connectivity index (χ0v) is 15.9. The number of hydrogen-bond donors (Lipinski definition) is 0. The van der Waals surface area contributed by atoms with Crippen molar-refractivity contribution in [2.24, 2.45) is 4.99 Å². The number of aliphatic imine (C=N–C) groups is 1. The molecule has 0 spiro atoms. The molecule has 23 heavy (non-hydrogen) atoms. The molecule has 1 heterocycles. The van der Waals surface area contributed by atoms with Gasteiger partial charge in [0.05, 0.1) is 6.10 Å². The van der Waals surface area contributed by atoms with Gasteiger partial charge in [-0.05, 0) is 52.9 Å². The van der Waals surface area contributed by atoms with Crippen LogP contribution in [0.3, 0.4) is 0 Å². The van der Waals surface area contributed by atoms with E-state index in [4.69, 9.17) is 9.83 Å². The molecule has 0 amide bonds. The summed E-state index contributed by atoms with van der Waals surface area (Å²) in [5.41, 5.74) is 1.44. The molecule has 1 fully saturated rings. The molecule has 0 aromatic rings. The zero-order valence-electron chi connectivity index (χ0n) is 15.9. The number of hydroxylamine groups is 2. The summed E-state index contributed by atoms with van der Waals surface area (Å²) < 4.78 is 0. The Labute approximate surface area is 143 Å². The normalized spacial score (nSPS) is 33.3. The third-order valence-corrected chi connectivity index (χ3v) is 5.35. The van der Waals surface area contributed by atoms with Crippen LogP contribution < -0.4 is 0 Å². The summed E-state index contributed by atoms with van der Waals surface area (Å²) in [7, 11) is 0. The van der Waals surface area contributed by atoms with Gasteiger partial charge in [-0.3, -0.25) is 9.83 Å². The van der Waals surface area contributed by atoms with Crippen molar-refractivity contribution in [1.29, 1.82) is 0 Å². The Morgan fingerprint density at radius 1 is 1.22 bits per heavy atom. The van der Waals surface area contributed by atoms with Gasteiger partial charge in [0.25, 0.3) is 0 Å². The van der Waals surface area contributed by atoms with Crippen LogP contribution in [0, 0.1) is 0 Å². The summed E-state index contributed by atoms with van der Waals surface area (Å²) in [6.07, 6.45) is 13.8. The fraction of sp³-hybridized carbons (Fsp3) is 0.850. The van der Waals surface area contributed by atoms with Crippen LogP contribution in [0.1, 0.15) is 86.0 Å². The van der Waals surface area contributed by atoms with Gasteiger partial charge in [0.15, 0.2) is 0 Å². The van der Waals surface area contributed by atoms with Gasteiger partial charge in [0.1, 0.15) is 0 Å². The van der Waals surface area contributed by atoms with E-state index in [-0.39, 0.29) is 11.1 Å². The van der Waals surface area contributed by atoms with E-state index < -0.39 is 0 Å². The first-order valence-corrected chi connectivity index (χ1v) is 9.55. The number of hydrogen-bond acceptors (Lipinski definition) is 3. The van der Waals surface area contributed by atoms with Gasteiger partial charge in [-0.25, -0.2) is 0 Å². The molecular formula is C20H36N2O. The maximum atomic E-state index is 6.56. The van der Waals surface area contributed by atoms with Gasteiger partial charge in [-0.15, -0.1) is 0 Å². The van der Waals surface area contributed by atoms with Crippen LogP contribution in [-0.4, -0.2) is 34.5 Å². The first-order chi connectivity index (χ1) is 10.9. The molecular weight excluding hydrogens is 284 g/mol. The van der Waals surface area contributed by atoms with Crippen molar-refractivity contribution in [2.45, 2.75) is 103 Å². The van der Waals surface area contributed by atoms with Crippen LogP contribution in [0.5, 0.6) is 0 Å². The molecule has 1 saturated heterocycles. The first-order valence-electron chi connectivity index (χ1n) is 9.55. The van der Waals surface area contributed by atoms with E-state index in [9.17, 15) is 0 Å². The van der Waals surface area contributed by atoms with Crippen molar-refractivity contribution in [3.63, 3.8) is 0 Å². The number of unbranched alkanes of at least 4 members (excludes halogenated alkanes) is 1. The maximum absolute atomic E-state index is 6.56. The number of rotatable bonds is 6. The topological polar surface area (TPSA) is 24.8 Å². The van der Waals surface area contributed by atoms with Gasteiger partial charge in [-0.2, -0.15) is 5.06 Å². The van der Waals surface area contributed by atoms with Gasteiger partial charge in [0.2, 0.25) is 0 Å². The van der Waals surface area contributed by atoms with Crippen LogP contribution in [-0.2, 0) is 4.84 Å². The van der Waals surface area contributed by atoms with E-state index in [0.29, 0.717) is 6.10 Å². The van der Waals surface area contributed by atoms with Crippen LogP contribution >= 0.6 is 0 Å². The summed E-state index contributed by atoms with van der Waals surface area (Å²) in [6.45, 7) is 12.5. The van der Waals surface area contributed by atoms with E-state index in [1.165, 1.54) is 18.6 Å². The van der Waals surface area contributed by atoms with Gasteiger partial charge < -0.3 is 0 Å². The molecule has 1 aliphatic heterocycles. The molecule has 0 radical (unpaired) electrons. The van der Waals surface area contributed by atoms with Crippen molar-refractivity contribution in [3.05, 3.63) is 12.2 Å². The van der Waals surface area contributed by atoms with Gasteiger partial charge in [-0.1, -0.05) is 32.4 Å². The predicted molar refractivity (Wildman–Crippen MR) is 98.9 cm³/mol. The Bertz CT molecular complexity index is 441. The second-order valence-electron chi connectivity index (χ2n) is 8.12. The average Bonchev–Trinajstić information content (AvgIpc) is 2.52. The highest BCUT2D eigenvalue weighted by Gasteiger charge is 2.47. The molecule has 0 aromatic carbocycles.